The van der Waals surface area contributed by atoms with Gasteiger partial charge in [0.1, 0.15) is 11.2 Å². The zero-order valence-electron chi connectivity index (χ0n) is 23.2. The van der Waals surface area contributed by atoms with E-state index in [1.165, 1.54) is 11.1 Å². The molecular weight excluding hydrogens is 526 g/mol. The van der Waals surface area contributed by atoms with E-state index in [-0.39, 0.29) is 0 Å². The average molecular weight is 552 g/mol. The fourth-order valence-corrected chi connectivity index (χ4v) is 5.54. The van der Waals surface area contributed by atoms with E-state index in [4.69, 9.17) is 19.4 Å². The second-order valence-corrected chi connectivity index (χ2v) is 10.5. The molecule has 43 heavy (non-hydrogen) atoms. The van der Waals surface area contributed by atoms with Gasteiger partial charge in [-0.15, -0.1) is 0 Å². The summed E-state index contributed by atoms with van der Waals surface area (Å²) in [5.41, 5.74) is 9.13. The van der Waals surface area contributed by atoms with Gasteiger partial charge < -0.3 is 4.42 Å². The second kappa shape index (κ2) is 10.5. The van der Waals surface area contributed by atoms with Gasteiger partial charge in [-0.2, -0.15) is 0 Å². The van der Waals surface area contributed by atoms with Crippen LogP contribution in [0.5, 0.6) is 0 Å². The lowest BCUT2D eigenvalue weighted by molar-refractivity contribution is 0.669. The Bertz CT molecular complexity index is 2170. The molecule has 4 heteroatoms. The van der Waals surface area contributed by atoms with Crippen LogP contribution in [0.15, 0.2) is 156 Å². The summed E-state index contributed by atoms with van der Waals surface area (Å²) in [4.78, 5) is 14.6. The molecule has 4 nitrogen and oxygen atoms in total. The van der Waals surface area contributed by atoms with E-state index in [0.717, 1.165) is 49.8 Å². The van der Waals surface area contributed by atoms with Crippen LogP contribution in [0.3, 0.4) is 0 Å². The van der Waals surface area contributed by atoms with Crippen molar-refractivity contribution in [3.8, 4) is 56.4 Å². The van der Waals surface area contributed by atoms with Crippen LogP contribution < -0.4 is 0 Å². The second-order valence-electron chi connectivity index (χ2n) is 10.5. The first-order chi connectivity index (χ1) is 21.3. The van der Waals surface area contributed by atoms with E-state index in [2.05, 4.69) is 72.8 Å². The predicted octanol–water partition coefficient (Wildman–Crippen LogP) is 10.1. The van der Waals surface area contributed by atoms with Gasteiger partial charge >= 0.3 is 0 Å². The molecule has 2 aromatic heterocycles. The number of fused-ring (bicyclic) bond motifs is 3. The maximum atomic E-state index is 6.35. The minimum Gasteiger partial charge on any atom is -0.456 e. The molecule has 0 aliphatic rings. The highest BCUT2D eigenvalue weighted by Crippen LogP contribution is 2.35. The van der Waals surface area contributed by atoms with Crippen molar-refractivity contribution >= 4 is 21.9 Å². The fourth-order valence-electron chi connectivity index (χ4n) is 5.54. The molecule has 202 valence electrons. The van der Waals surface area contributed by atoms with Crippen molar-refractivity contribution in [2.75, 3.05) is 0 Å². The van der Waals surface area contributed by atoms with Crippen LogP contribution >= 0.6 is 0 Å². The summed E-state index contributed by atoms with van der Waals surface area (Å²) in [6.07, 6.45) is 0. The molecule has 0 radical (unpaired) electrons. The predicted molar refractivity (Wildman–Crippen MR) is 174 cm³/mol. The highest BCUT2D eigenvalue weighted by atomic mass is 16.3. The molecule has 6 aromatic carbocycles. The Morgan fingerprint density at radius 2 is 0.791 bits per heavy atom. The third kappa shape index (κ3) is 4.75. The van der Waals surface area contributed by atoms with Crippen molar-refractivity contribution < 1.29 is 4.42 Å². The number of hydrogen-bond acceptors (Lipinski definition) is 4. The summed E-state index contributed by atoms with van der Waals surface area (Å²) in [6, 6.07) is 51.7. The average Bonchev–Trinajstić information content (AvgIpc) is 3.46. The number of nitrogens with zero attached hydrogens (tertiary/aromatic N) is 3. The molecule has 0 N–H and O–H groups in total. The van der Waals surface area contributed by atoms with Crippen LogP contribution in [0.2, 0.25) is 0 Å². The minimum absolute atomic E-state index is 0.623. The van der Waals surface area contributed by atoms with Crippen molar-refractivity contribution in [1.82, 2.24) is 15.0 Å². The zero-order chi connectivity index (χ0) is 28.6. The van der Waals surface area contributed by atoms with Gasteiger partial charge in [0.2, 0.25) is 0 Å². The highest BCUT2D eigenvalue weighted by molar-refractivity contribution is 6.07. The van der Waals surface area contributed by atoms with Gasteiger partial charge in [-0.1, -0.05) is 115 Å². The molecule has 8 rings (SSSR count). The summed E-state index contributed by atoms with van der Waals surface area (Å²) in [5.74, 6) is 1.91. The lowest BCUT2D eigenvalue weighted by atomic mass is 9.98. The Kier molecular flexibility index (Phi) is 6.08. The van der Waals surface area contributed by atoms with E-state index in [9.17, 15) is 0 Å². The largest absolute Gasteiger partial charge is 0.456 e. The topological polar surface area (TPSA) is 51.8 Å². The standard InChI is InChI=1S/C39H25N3O/c1-4-11-26(12-5-1)29-17-10-18-30(23-29)31-19-21-33-34-24-32(20-22-35(34)43-36(33)25-31)39-41-37(27-13-6-2-7-14-27)40-38(42-39)28-15-8-3-9-16-28/h1-25H. The van der Waals surface area contributed by atoms with E-state index in [1.807, 2.05) is 78.9 Å². The van der Waals surface area contributed by atoms with Crippen molar-refractivity contribution in [2.45, 2.75) is 0 Å². The van der Waals surface area contributed by atoms with Gasteiger partial charge in [-0.25, -0.2) is 15.0 Å². The number of benzene rings is 6. The van der Waals surface area contributed by atoms with Gasteiger partial charge in [0.05, 0.1) is 0 Å². The molecule has 0 aliphatic heterocycles. The quantitative estimate of drug-likeness (QED) is 0.214. The first-order valence-electron chi connectivity index (χ1n) is 14.3. The van der Waals surface area contributed by atoms with Crippen molar-refractivity contribution in [3.63, 3.8) is 0 Å². The summed E-state index contributed by atoms with van der Waals surface area (Å²) < 4.78 is 6.35. The maximum Gasteiger partial charge on any atom is 0.164 e. The van der Waals surface area contributed by atoms with Crippen molar-refractivity contribution in [3.05, 3.63) is 152 Å². The van der Waals surface area contributed by atoms with Crippen LogP contribution in [-0.4, -0.2) is 15.0 Å². The molecule has 0 spiro atoms. The third-order valence-corrected chi connectivity index (χ3v) is 7.73. The fraction of sp³-hybridized carbons (Fsp3) is 0. The normalized spacial score (nSPS) is 11.3. The Balaban J connectivity index is 1.22. The number of aromatic nitrogens is 3. The Hall–Kier alpha value is -5.87. The number of rotatable bonds is 5. The monoisotopic (exact) mass is 551 g/mol. The summed E-state index contributed by atoms with van der Waals surface area (Å²) in [6.45, 7) is 0. The lowest BCUT2D eigenvalue weighted by Gasteiger charge is -2.08. The molecule has 0 saturated heterocycles. The molecule has 0 amide bonds. The third-order valence-electron chi connectivity index (χ3n) is 7.73. The van der Waals surface area contributed by atoms with Crippen LogP contribution in [0.4, 0.5) is 0 Å². The SMILES string of the molecule is c1ccc(-c2cccc(-c3ccc4c(c3)oc3ccc(-c5nc(-c6ccccc6)nc(-c6ccccc6)n5)cc34)c2)cc1. The van der Waals surface area contributed by atoms with Gasteiger partial charge in [-0.3, -0.25) is 0 Å². The molecule has 0 bridgehead atoms. The molecule has 0 aliphatic carbocycles. The Labute approximate surface area is 249 Å². The van der Waals surface area contributed by atoms with E-state index >= 15 is 0 Å². The lowest BCUT2D eigenvalue weighted by Crippen LogP contribution is -2.00. The van der Waals surface area contributed by atoms with Crippen LogP contribution in [0.25, 0.3) is 78.4 Å². The van der Waals surface area contributed by atoms with Gasteiger partial charge in [-0.05, 0) is 58.7 Å². The molecular formula is C39H25N3O. The maximum absolute atomic E-state index is 6.35. The molecule has 0 saturated carbocycles. The van der Waals surface area contributed by atoms with Gasteiger partial charge in [0.25, 0.3) is 0 Å². The van der Waals surface area contributed by atoms with E-state index < -0.39 is 0 Å². The molecule has 0 atom stereocenters. The van der Waals surface area contributed by atoms with Gasteiger partial charge in [0, 0.05) is 27.5 Å². The molecule has 0 unspecified atom stereocenters. The van der Waals surface area contributed by atoms with Crippen LogP contribution in [0.1, 0.15) is 0 Å². The summed E-state index contributed by atoms with van der Waals surface area (Å²) >= 11 is 0. The molecule has 0 fully saturated rings. The Morgan fingerprint density at radius 1 is 0.302 bits per heavy atom. The molecule has 8 aromatic rings. The van der Waals surface area contributed by atoms with E-state index in [1.54, 1.807) is 0 Å². The van der Waals surface area contributed by atoms with Crippen molar-refractivity contribution in [2.24, 2.45) is 0 Å². The summed E-state index contributed by atoms with van der Waals surface area (Å²) in [7, 11) is 0. The van der Waals surface area contributed by atoms with Crippen molar-refractivity contribution in [1.29, 1.82) is 0 Å². The summed E-state index contributed by atoms with van der Waals surface area (Å²) in [5, 5.41) is 2.08. The van der Waals surface area contributed by atoms with Crippen LogP contribution in [0, 0.1) is 0 Å². The first kappa shape index (κ1) is 24.9. The zero-order valence-corrected chi connectivity index (χ0v) is 23.2. The van der Waals surface area contributed by atoms with Crippen LogP contribution in [-0.2, 0) is 0 Å². The van der Waals surface area contributed by atoms with Gasteiger partial charge in [0.15, 0.2) is 17.5 Å². The smallest absolute Gasteiger partial charge is 0.164 e. The highest BCUT2D eigenvalue weighted by Gasteiger charge is 2.15. The Morgan fingerprint density at radius 3 is 1.42 bits per heavy atom. The number of furan rings is 1. The van der Waals surface area contributed by atoms with E-state index in [0.29, 0.717) is 17.5 Å². The first-order valence-corrected chi connectivity index (χ1v) is 14.3. The number of hydrogen-bond donors (Lipinski definition) is 0. The molecule has 2 heterocycles. The minimum atomic E-state index is 0.623.